The number of nitrogens with zero attached hydrogens (tertiary/aromatic N) is 3. The molecule has 160 valence electrons. The average Bonchev–Trinajstić information content (AvgIpc) is 2.76. The molecule has 1 atom stereocenters. The fraction of sp³-hybridized carbons (Fsp3) is 0.500. The Balaban J connectivity index is 1.35. The van der Waals surface area contributed by atoms with Crippen LogP contribution in [-0.2, 0) is 9.53 Å². The van der Waals surface area contributed by atoms with E-state index in [1.165, 1.54) is 6.07 Å². The van der Waals surface area contributed by atoms with Gasteiger partial charge in [-0.1, -0.05) is 19.3 Å². The zero-order valence-electron chi connectivity index (χ0n) is 16.9. The highest BCUT2D eigenvalue weighted by Gasteiger charge is 2.35. The summed E-state index contributed by atoms with van der Waals surface area (Å²) in [5.41, 5.74) is 0.603. The molecule has 1 saturated carbocycles. The topological polar surface area (TPSA) is 87.6 Å². The van der Waals surface area contributed by atoms with Gasteiger partial charge < -0.3 is 20.1 Å². The number of ether oxygens (including phenoxy) is 1. The van der Waals surface area contributed by atoms with Gasteiger partial charge in [-0.05, 0) is 37.1 Å². The lowest BCUT2D eigenvalue weighted by Crippen LogP contribution is -2.46. The Bertz CT molecular complexity index is 854. The Morgan fingerprint density at radius 2 is 2.03 bits per heavy atom. The van der Waals surface area contributed by atoms with Crippen LogP contribution in [0, 0.1) is 5.82 Å². The molecule has 2 aromatic rings. The van der Waals surface area contributed by atoms with Gasteiger partial charge in [0.15, 0.2) is 0 Å². The summed E-state index contributed by atoms with van der Waals surface area (Å²) in [6.07, 6.45) is 7.17. The van der Waals surface area contributed by atoms with Crippen LogP contribution in [-0.4, -0.2) is 51.2 Å². The van der Waals surface area contributed by atoms with Gasteiger partial charge in [0.25, 0.3) is 0 Å². The minimum absolute atomic E-state index is 0.0200. The number of hydrogen-bond acceptors (Lipinski definition) is 6. The fourth-order valence-electron chi connectivity index (χ4n) is 4.10. The molecule has 1 aliphatic heterocycles. The van der Waals surface area contributed by atoms with E-state index in [1.54, 1.807) is 17.2 Å². The molecule has 2 aliphatic rings. The molecular weight excluding hydrogens is 387 g/mol. The van der Waals surface area contributed by atoms with Gasteiger partial charge in [0, 0.05) is 6.54 Å². The summed E-state index contributed by atoms with van der Waals surface area (Å²) in [5.74, 6) is 0.115. The zero-order chi connectivity index (χ0) is 21.0. The van der Waals surface area contributed by atoms with Gasteiger partial charge in [0.05, 0.1) is 48.9 Å². The molecule has 0 bridgehead atoms. The van der Waals surface area contributed by atoms with Crippen LogP contribution in [0.1, 0.15) is 50.3 Å². The molecule has 8 heteroatoms. The molecule has 0 spiro atoms. The molecule has 2 aromatic heterocycles. The summed E-state index contributed by atoms with van der Waals surface area (Å²) in [6, 6.07) is 6.58. The fourth-order valence-corrected chi connectivity index (χ4v) is 4.10. The molecule has 1 unspecified atom stereocenters. The van der Waals surface area contributed by atoms with Crippen molar-refractivity contribution in [3.8, 4) is 0 Å². The minimum Gasteiger partial charge on any atom is -0.389 e. The predicted octanol–water partition coefficient (Wildman–Crippen LogP) is 3.34. The number of halogens is 1. The van der Waals surface area contributed by atoms with Crippen molar-refractivity contribution >= 4 is 17.4 Å². The number of carbonyl (C=O) groups excluding carboxylic acids is 1. The first-order valence-electron chi connectivity index (χ1n) is 10.5. The lowest BCUT2D eigenvalue weighted by Gasteiger charge is -2.37. The molecule has 4 rings (SSSR count). The Labute approximate surface area is 175 Å². The maximum atomic E-state index is 13.0. The van der Waals surface area contributed by atoms with Crippen LogP contribution in [0.5, 0.6) is 0 Å². The standard InChI is InChI=1S/C22H27FN4O3/c23-16-4-7-20(25-13-16)26-17-5-6-18(24-14-17)19-15-27(10-11-30-19)21(28)12-22(29)8-2-1-3-9-22/h4-7,13-14,19,29H,1-3,8-12,15H2,(H,25,26). The van der Waals surface area contributed by atoms with Crippen LogP contribution in [0.3, 0.4) is 0 Å². The van der Waals surface area contributed by atoms with Crippen molar-refractivity contribution in [1.29, 1.82) is 0 Å². The number of morpholine rings is 1. The average molecular weight is 414 g/mol. The van der Waals surface area contributed by atoms with Crippen molar-refractivity contribution in [2.45, 2.75) is 50.2 Å². The molecule has 2 N–H and O–H groups in total. The van der Waals surface area contributed by atoms with Crippen molar-refractivity contribution in [2.75, 3.05) is 25.0 Å². The summed E-state index contributed by atoms with van der Waals surface area (Å²) in [6.45, 7) is 1.39. The largest absolute Gasteiger partial charge is 0.389 e. The number of rotatable bonds is 5. The highest BCUT2D eigenvalue weighted by Crippen LogP contribution is 2.32. The first-order chi connectivity index (χ1) is 14.5. The summed E-state index contributed by atoms with van der Waals surface area (Å²) >= 11 is 0. The first-order valence-corrected chi connectivity index (χ1v) is 10.5. The first kappa shape index (κ1) is 20.7. The van der Waals surface area contributed by atoms with Gasteiger partial charge >= 0.3 is 0 Å². The third-order valence-electron chi connectivity index (χ3n) is 5.80. The number of amides is 1. The number of carbonyl (C=O) groups is 1. The van der Waals surface area contributed by atoms with E-state index in [0.29, 0.717) is 38.4 Å². The highest BCUT2D eigenvalue weighted by atomic mass is 19.1. The lowest BCUT2D eigenvalue weighted by atomic mass is 9.82. The number of aromatic nitrogens is 2. The quantitative estimate of drug-likeness (QED) is 0.780. The Morgan fingerprint density at radius 1 is 1.20 bits per heavy atom. The normalized spacial score (nSPS) is 21.3. The van der Waals surface area contributed by atoms with E-state index < -0.39 is 11.4 Å². The lowest BCUT2D eigenvalue weighted by molar-refractivity contribution is -0.145. The molecule has 0 radical (unpaired) electrons. The van der Waals surface area contributed by atoms with Gasteiger partial charge in [-0.25, -0.2) is 9.37 Å². The van der Waals surface area contributed by atoms with E-state index >= 15 is 0 Å². The molecule has 1 amide bonds. The Kier molecular flexibility index (Phi) is 6.24. The summed E-state index contributed by atoms with van der Waals surface area (Å²) in [7, 11) is 0. The molecule has 0 aromatic carbocycles. The van der Waals surface area contributed by atoms with Crippen LogP contribution < -0.4 is 5.32 Å². The maximum absolute atomic E-state index is 13.0. The molecule has 2 fully saturated rings. The Morgan fingerprint density at radius 3 is 2.73 bits per heavy atom. The van der Waals surface area contributed by atoms with E-state index in [2.05, 4.69) is 15.3 Å². The summed E-state index contributed by atoms with van der Waals surface area (Å²) < 4.78 is 18.8. The van der Waals surface area contributed by atoms with Crippen molar-refractivity contribution in [3.05, 3.63) is 48.2 Å². The van der Waals surface area contributed by atoms with Gasteiger partial charge in [0.2, 0.25) is 5.91 Å². The number of pyridine rings is 2. The molecule has 3 heterocycles. The van der Waals surface area contributed by atoms with Gasteiger partial charge in [0.1, 0.15) is 17.7 Å². The summed E-state index contributed by atoms with van der Waals surface area (Å²) in [5, 5.41) is 13.8. The second-order valence-electron chi connectivity index (χ2n) is 8.12. The van der Waals surface area contributed by atoms with Crippen LogP contribution >= 0.6 is 0 Å². The van der Waals surface area contributed by atoms with Crippen LogP contribution in [0.15, 0.2) is 36.7 Å². The molecule has 7 nitrogen and oxygen atoms in total. The Hall–Kier alpha value is -2.58. The third-order valence-corrected chi connectivity index (χ3v) is 5.80. The highest BCUT2D eigenvalue weighted by molar-refractivity contribution is 5.77. The van der Waals surface area contributed by atoms with Crippen molar-refractivity contribution in [3.63, 3.8) is 0 Å². The van der Waals surface area contributed by atoms with E-state index in [1.807, 2.05) is 12.1 Å². The van der Waals surface area contributed by atoms with Crippen LogP contribution in [0.2, 0.25) is 0 Å². The third kappa shape index (κ3) is 5.12. The second kappa shape index (κ2) is 9.06. The monoisotopic (exact) mass is 414 g/mol. The van der Waals surface area contributed by atoms with Crippen molar-refractivity contribution < 1.29 is 19.0 Å². The van der Waals surface area contributed by atoms with Crippen LogP contribution in [0.25, 0.3) is 0 Å². The number of nitrogens with one attached hydrogen (secondary N) is 1. The maximum Gasteiger partial charge on any atom is 0.225 e. The van der Waals surface area contributed by atoms with E-state index in [4.69, 9.17) is 4.74 Å². The van der Waals surface area contributed by atoms with Gasteiger partial charge in [-0.3, -0.25) is 9.78 Å². The van der Waals surface area contributed by atoms with Gasteiger partial charge in [-0.2, -0.15) is 0 Å². The van der Waals surface area contributed by atoms with E-state index in [0.717, 1.165) is 36.8 Å². The number of hydrogen-bond donors (Lipinski definition) is 2. The molecule has 1 saturated heterocycles. The van der Waals surface area contributed by atoms with Gasteiger partial charge in [-0.15, -0.1) is 0 Å². The zero-order valence-corrected chi connectivity index (χ0v) is 16.9. The number of aliphatic hydroxyl groups is 1. The minimum atomic E-state index is -0.858. The smallest absolute Gasteiger partial charge is 0.225 e. The predicted molar refractivity (Wildman–Crippen MR) is 110 cm³/mol. The van der Waals surface area contributed by atoms with E-state index in [-0.39, 0.29) is 18.4 Å². The van der Waals surface area contributed by atoms with E-state index in [9.17, 15) is 14.3 Å². The SMILES string of the molecule is O=C(CC1(O)CCCCC1)N1CCOC(c2ccc(Nc3ccc(F)cn3)cn2)C1. The van der Waals surface area contributed by atoms with Crippen molar-refractivity contribution in [2.24, 2.45) is 0 Å². The summed E-state index contributed by atoms with van der Waals surface area (Å²) in [4.78, 5) is 23.0. The van der Waals surface area contributed by atoms with Crippen molar-refractivity contribution in [1.82, 2.24) is 14.9 Å². The van der Waals surface area contributed by atoms with Crippen LogP contribution in [0.4, 0.5) is 15.9 Å². The molecular formula is C22H27FN4O3. The molecule has 30 heavy (non-hydrogen) atoms. The number of anilines is 2. The molecule has 1 aliphatic carbocycles. The second-order valence-corrected chi connectivity index (χ2v) is 8.12.